The van der Waals surface area contributed by atoms with Crippen LogP contribution in [-0.2, 0) is 13.0 Å². The lowest BCUT2D eigenvalue weighted by atomic mass is 10.3. The van der Waals surface area contributed by atoms with Crippen molar-refractivity contribution in [3.8, 4) is 0 Å². The van der Waals surface area contributed by atoms with Crippen molar-refractivity contribution >= 4 is 34.9 Å². The minimum atomic E-state index is -0.394. The van der Waals surface area contributed by atoms with Crippen molar-refractivity contribution in [3.63, 3.8) is 0 Å². The predicted molar refractivity (Wildman–Crippen MR) is 91.4 cm³/mol. The van der Waals surface area contributed by atoms with Crippen molar-refractivity contribution in [1.29, 1.82) is 0 Å². The fraction of sp³-hybridized carbons (Fsp3) is 0.267. The number of halogens is 2. The Hall–Kier alpha value is -2.05. The monoisotopic (exact) mass is 354 g/mol. The van der Waals surface area contributed by atoms with Gasteiger partial charge in [0.25, 0.3) is 5.56 Å². The Morgan fingerprint density at radius 1 is 1.26 bits per heavy atom. The first-order chi connectivity index (χ1) is 11.0. The summed E-state index contributed by atoms with van der Waals surface area (Å²) in [5.41, 5.74) is 1.14. The van der Waals surface area contributed by atoms with E-state index in [-0.39, 0.29) is 5.56 Å². The Labute approximate surface area is 143 Å². The van der Waals surface area contributed by atoms with Crippen LogP contribution >= 0.6 is 23.2 Å². The van der Waals surface area contributed by atoms with E-state index < -0.39 is 6.03 Å². The summed E-state index contributed by atoms with van der Waals surface area (Å²) in [5, 5.41) is 6.06. The molecule has 1 heterocycles. The molecule has 23 heavy (non-hydrogen) atoms. The highest BCUT2D eigenvalue weighted by atomic mass is 35.5. The maximum absolute atomic E-state index is 11.8. The summed E-state index contributed by atoms with van der Waals surface area (Å²) in [5.74, 6) is 0. The Balaban J connectivity index is 1.85. The van der Waals surface area contributed by atoms with Crippen molar-refractivity contribution in [1.82, 2.24) is 14.9 Å². The summed E-state index contributed by atoms with van der Waals surface area (Å²) in [4.78, 5) is 27.7. The Morgan fingerprint density at radius 2 is 2.04 bits per heavy atom. The summed E-state index contributed by atoms with van der Waals surface area (Å²) in [6, 6.07) is 5.90. The molecule has 6 nitrogen and oxygen atoms in total. The predicted octanol–water partition coefficient (Wildman–Crippen LogP) is 2.93. The molecule has 0 bridgehead atoms. The first-order valence-electron chi connectivity index (χ1n) is 7.05. The second-order valence-corrected chi connectivity index (χ2v) is 5.59. The van der Waals surface area contributed by atoms with Crippen molar-refractivity contribution in [3.05, 3.63) is 56.7 Å². The minimum Gasteiger partial charge on any atom is -0.336 e. The fourth-order valence-corrected chi connectivity index (χ4v) is 2.16. The first kappa shape index (κ1) is 17.3. The lowest BCUT2D eigenvalue weighted by Gasteiger charge is -2.09. The van der Waals surface area contributed by atoms with Gasteiger partial charge in [-0.25, -0.2) is 9.78 Å². The van der Waals surface area contributed by atoms with Gasteiger partial charge in [0.05, 0.1) is 16.4 Å². The summed E-state index contributed by atoms with van der Waals surface area (Å²) < 4.78 is 1.44. The SMILES string of the molecule is CCc1cc(=O)n(CCNC(=O)Nc2ccc(Cl)c(Cl)c2)cn1. The van der Waals surface area contributed by atoms with Gasteiger partial charge >= 0.3 is 6.03 Å². The molecule has 2 rings (SSSR count). The maximum Gasteiger partial charge on any atom is 0.319 e. The van der Waals surface area contributed by atoms with E-state index in [1.165, 1.54) is 17.0 Å². The average Bonchev–Trinajstić information content (AvgIpc) is 2.52. The molecule has 1 aromatic heterocycles. The molecule has 0 saturated heterocycles. The molecular formula is C15H16Cl2N4O2. The number of hydrogen-bond acceptors (Lipinski definition) is 3. The van der Waals surface area contributed by atoms with Gasteiger partial charge in [0.2, 0.25) is 0 Å². The molecule has 0 atom stereocenters. The number of amides is 2. The summed E-state index contributed by atoms with van der Waals surface area (Å²) >= 11 is 11.7. The van der Waals surface area contributed by atoms with Crippen LogP contribution in [0.25, 0.3) is 0 Å². The van der Waals surface area contributed by atoms with Gasteiger partial charge in [0.15, 0.2) is 0 Å². The lowest BCUT2D eigenvalue weighted by Crippen LogP contribution is -2.33. The second kappa shape index (κ2) is 7.99. The smallest absolute Gasteiger partial charge is 0.319 e. The van der Waals surface area contributed by atoms with Crippen LogP contribution < -0.4 is 16.2 Å². The van der Waals surface area contributed by atoms with Gasteiger partial charge in [-0.1, -0.05) is 30.1 Å². The largest absolute Gasteiger partial charge is 0.336 e. The Morgan fingerprint density at radius 3 is 2.70 bits per heavy atom. The third-order valence-electron chi connectivity index (χ3n) is 3.11. The Kier molecular flexibility index (Phi) is 6.01. The minimum absolute atomic E-state index is 0.136. The van der Waals surface area contributed by atoms with Crippen LogP contribution in [-0.4, -0.2) is 22.1 Å². The van der Waals surface area contributed by atoms with E-state index in [0.29, 0.717) is 35.2 Å². The molecule has 1 aromatic carbocycles. The number of aromatic nitrogens is 2. The van der Waals surface area contributed by atoms with Gasteiger partial charge in [0.1, 0.15) is 0 Å². The van der Waals surface area contributed by atoms with E-state index in [1.807, 2.05) is 6.92 Å². The van der Waals surface area contributed by atoms with Gasteiger partial charge in [0, 0.05) is 30.5 Å². The quantitative estimate of drug-likeness (QED) is 0.866. The molecule has 0 spiro atoms. The number of benzene rings is 1. The van der Waals surface area contributed by atoms with E-state index >= 15 is 0 Å². The van der Waals surface area contributed by atoms with Gasteiger partial charge in [-0.3, -0.25) is 9.36 Å². The van der Waals surface area contributed by atoms with Gasteiger partial charge < -0.3 is 10.6 Å². The standard InChI is InChI=1S/C15H16Cl2N4O2/c1-2-10-8-14(22)21(9-19-10)6-5-18-15(23)20-11-3-4-12(16)13(17)7-11/h3-4,7-9H,2,5-6H2,1H3,(H2,18,20,23). The molecule has 0 radical (unpaired) electrons. The molecule has 0 aliphatic rings. The highest BCUT2D eigenvalue weighted by Gasteiger charge is 2.04. The van der Waals surface area contributed by atoms with E-state index in [0.717, 1.165) is 5.69 Å². The van der Waals surface area contributed by atoms with Crippen LogP contribution in [0, 0.1) is 0 Å². The molecule has 0 fully saturated rings. The number of rotatable bonds is 5. The number of aryl methyl sites for hydroxylation is 1. The van der Waals surface area contributed by atoms with E-state index in [2.05, 4.69) is 15.6 Å². The van der Waals surface area contributed by atoms with Gasteiger partial charge in [-0.2, -0.15) is 0 Å². The zero-order chi connectivity index (χ0) is 16.8. The van der Waals surface area contributed by atoms with Crippen LogP contribution in [0.2, 0.25) is 10.0 Å². The molecule has 0 aliphatic carbocycles. The molecule has 2 amide bonds. The number of nitrogens with zero attached hydrogens (tertiary/aromatic N) is 2. The summed E-state index contributed by atoms with van der Waals surface area (Å²) in [7, 11) is 0. The van der Waals surface area contributed by atoms with Crippen LogP contribution in [0.1, 0.15) is 12.6 Å². The number of urea groups is 1. The van der Waals surface area contributed by atoms with Crippen LogP contribution in [0.5, 0.6) is 0 Å². The Bertz CT molecular complexity index is 761. The number of anilines is 1. The number of hydrogen-bond donors (Lipinski definition) is 2. The molecule has 0 aliphatic heterocycles. The van der Waals surface area contributed by atoms with E-state index in [1.54, 1.807) is 18.2 Å². The average molecular weight is 355 g/mol. The first-order valence-corrected chi connectivity index (χ1v) is 7.80. The molecule has 0 saturated carbocycles. The summed E-state index contributed by atoms with van der Waals surface area (Å²) in [6.07, 6.45) is 2.19. The van der Waals surface area contributed by atoms with Crippen molar-refractivity contribution in [2.75, 3.05) is 11.9 Å². The third kappa shape index (κ3) is 4.97. The fourth-order valence-electron chi connectivity index (χ4n) is 1.86. The molecule has 122 valence electrons. The molecular weight excluding hydrogens is 339 g/mol. The molecule has 2 N–H and O–H groups in total. The highest BCUT2D eigenvalue weighted by Crippen LogP contribution is 2.24. The van der Waals surface area contributed by atoms with E-state index in [4.69, 9.17) is 23.2 Å². The van der Waals surface area contributed by atoms with Gasteiger partial charge in [-0.15, -0.1) is 0 Å². The second-order valence-electron chi connectivity index (χ2n) is 4.78. The van der Waals surface area contributed by atoms with Crippen molar-refractivity contribution in [2.45, 2.75) is 19.9 Å². The zero-order valence-electron chi connectivity index (χ0n) is 12.5. The molecule has 2 aromatic rings. The van der Waals surface area contributed by atoms with Crippen LogP contribution in [0.3, 0.4) is 0 Å². The highest BCUT2D eigenvalue weighted by molar-refractivity contribution is 6.42. The van der Waals surface area contributed by atoms with Crippen molar-refractivity contribution in [2.24, 2.45) is 0 Å². The zero-order valence-corrected chi connectivity index (χ0v) is 14.0. The number of nitrogens with one attached hydrogen (secondary N) is 2. The topological polar surface area (TPSA) is 76.0 Å². The molecule has 0 unspecified atom stereocenters. The number of carbonyl (C=O) groups excluding carboxylic acids is 1. The van der Waals surface area contributed by atoms with E-state index in [9.17, 15) is 9.59 Å². The van der Waals surface area contributed by atoms with Crippen LogP contribution in [0.15, 0.2) is 35.4 Å². The van der Waals surface area contributed by atoms with Crippen LogP contribution in [0.4, 0.5) is 10.5 Å². The lowest BCUT2D eigenvalue weighted by molar-refractivity contribution is 0.251. The van der Waals surface area contributed by atoms with Crippen molar-refractivity contribution < 1.29 is 4.79 Å². The normalized spacial score (nSPS) is 10.4. The van der Waals surface area contributed by atoms with Gasteiger partial charge in [-0.05, 0) is 24.6 Å². The summed E-state index contributed by atoms with van der Waals surface area (Å²) in [6.45, 7) is 2.56. The third-order valence-corrected chi connectivity index (χ3v) is 3.85. The maximum atomic E-state index is 11.8. The molecule has 8 heteroatoms. The number of carbonyl (C=O) groups is 1.